The first-order chi connectivity index (χ1) is 29.5. The average Bonchev–Trinajstić information content (AvgIpc) is 3.95. The number of esters is 1. The third-order valence-corrected chi connectivity index (χ3v) is 12.6. The van der Waals surface area contributed by atoms with Crippen LogP contribution in [0.2, 0.25) is 0 Å². The van der Waals surface area contributed by atoms with Gasteiger partial charge in [0.1, 0.15) is 54.2 Å². The molecule has 0 radical (unpaired) electrons. The van der Waals surface area contributed by atoms with Crippen molar-refractivity contribution in [2.24, 2.45) is 5.41 Å². The molecule has 7 N–H and O–H groups in total. The second-order valence-corrected chi connectivity index (χ2v) is 16.5. The first kappa shape index (κ1) is 41.7. The molecule has 17 nitrogen and oxygen atoms in total. The van der Waals surface area contributed by atoms with Crippen molar-refractivity contribution in [3.63, 3.8) is 0 Å². The van der Waals surface area contributed by atoms with E-state index in [1.807, 2.05) is 48.5 Å². The van der Waals surface area contributed by atoms with E-state index in [0.717, 1.165) is 22.3 Å². The van der Waals surface area contributed by atoms with Gasteiger partial charge >= 0.3 is 5.97 Å². The monoisotopic (exact) mass is 843 g/mol. The fourth-order valence-electron chi connectivity index (χ4n) is 9.65. The maximum absolute atomic E-state index is 14.8. The summed E-state index contributed by atoms with van der Waals surface area (Å²) in [5.74, 6) is -2.38. The summed E-state index contributed by atoms with van der Waals surface area (Å²) in [4.78, 5) is 48.3. The second kappa shape index (κ2) is 16.9. The molecule has 1 spiro atoms. The van der Waals surface area contributed by atoms with E-state index in [-0.39, 0.29) is 45.2 Å². The summed E-state index contributed by atoms with van der Waals surface area (Å²) < 4.78 is 30.6. The lowest BCUT2D eigenvalue weighted by Crippen LogP contribution is -2.69. The fraction of sp³-hybridized carbons (Fsp3) is 0.477. The highest BCUT2D eigenvalue weighted by Gasteiger charge is 2.76. The Morgan fingerprint density at radius 3 is 2.38 bits per heavy atom. The highest BCUT2D eigenvalue weighted by Crippen LogP contribution is 2.58. The number of benzene rings is 3. The molecule has 4 heterocycles. The molecule has 3 aromatic rings. The van der Waals surface area contributed by atoms with Crippen molar-refractivity contribution in [3.05, 3.63) is 112 Å². The SMILES string of the molecule is O=C(NCCO)c1cccc(CNC(=O)C23CC4OC(=O)C2N(Cc2ccc(C=CCOC5OC(CO)C(O)C(O)C5O)cc2)OC3C2OC3(Cc5ccccc5C3)OC42)c1. The molecule has 0 aromatic heterocycles. The summed E-state index contributed by atoms with van der Waals surface area (Å²) in [5, 5.41) is 56.1. The van der Waals surface area contributed by atoms with Crippen LogP contribution >= 0.6 is 0 Å². The molecule has 11 unspecified atom stereocenters. The highest BCUT2D eigenvalue weighted by molar-refractivity contribution is 5.95. The van der Waals surface area contributed by atoms with Gasteiger partial charge in [0, 0.05) is 37.9 Å². The van der Waals surface area contributed by atoms with Crippen LogP contribution in [0.25, 0.3) is 6.08 Å². The molecule has 2 bridgehead atoms. The van der Waals surface area contributed by atoms with Crippen molar-refractivity contribution in [3.8, 4) is 0 Å². The molecule has 4 aliphatic heterocycles. The molecule has 61 heavy (non-hydrogen) atoms. The maximum atomic E-state index is 14.8. The van der Waals surface area contributed by atoms with Gasteiger partial charge in [-0.15, -0.1) is 0 Å². The number of hydroxylamine groups is 2. The normalized spacial score (nSPS) is 33.4. The molecule has 2 amide bonds. The molecule has 17 heteroatoms. The van der Waals surface area contributed by atoms with Crippen LogP contribution in [-0.4, -0.2) is 142 Å². The minimum absolute atomic E-state index is 0.00487. The summed E-state index contributed by atoms with van der Waals surface area (Å²) >= 11 is 0. The predicted octanol–water partition coefficient (Wildman–Crippen LogP) is -0.366. The number of hydrogen-bond donors (Lipinski definition) is 7. The van der Waals surface area contributed by atoms with Crippen LogP contribution in [0, 0.1) is 5.41 Å². The Balaban J connectivity index is 0.929. The van der Waals surface area contributed by atoms with E-state index in [4.69, 9.17) is 33.6 Å². The maximum Gasteiger partial charge on any atom is 0.327 e. The second-order valence-electron chi connectivity index (χ2n) is 16.5. The number of ether oxygens (including phenoxy) is 5. The van der Waals surface area contributed by atoms with Crippen LogP contribution in [-0.2, 0) is 64.0 Å². The number of carbonyl (C=O) groups is 3. The first-order valence-electron chi connectivity index (χ1n) is 20.5. The minimum atomic E-state index is -1.54. The van der Waals surface area contributed by atoms with Crippen LogP contribution in [0.4, 0.5) is 0 Å². The largest absolute Gasteiger partial charge is 0.458 e. The van der Waals surface area contributed by atoms with E-state index < -0.39 is 90.8 Å². The number of nitrogens with one attached hydrogen (secondary N) is 2. The van der Waals surface area contributed by atoms with E-state index in [1.54, 1.807) is 36.4 Å². The molecule has 6 aliphatic rings. The molecule has 11 atom stereocenters. The van der Waals surface area contributed by atoms with Crippen molar-refractivity contribution in [1.82, 2.24) is 15.7 Å². The topological polar surface area (TPSA) is 235 Å². The van der Waals surface area contributed by atoms with Gasteiger partial charge in [-0.1, -0.05) is 72.8 Å². The van der Waals surface area contributed by atoms with Gasteiger partial charge < -0.3 is 59.9 Å². The average molecular weight is 844 g/mol. The van der Waals surface area contributed by atoms with Gasteiger partial charge in [-0.25, -0.2) is 0 Å². The van der Waals surface area contributed by atoms with Gasteiger partial charge in [0.2, 0.25) is 5.91 Å². The molecule has 4 saturated heterocycles. The summed E-state index contributed by atoms with van der Waals surface area (Å²) in [7, 11) is 0. The van der Waals surface area contributed by atoms with Crippen molar-refractivity contribution in [2.75, 3.05) is 26.4 Å². The van der Waals surface area contributed by atoms with E-state index in [0.29, 0.717) is 24.0 Å². The van der Waals surface area contributed by atoms with Gasteiger partial charge in [0.25, 0.3) is 5.91 Å². The molecule has 3 aromatic carbocycles. The van der Waals surface area contributed by atoms with E-state index >= 15 is 0 Å². The predicted molar refractivity (Wildman–Crippen MR) is 210 cm³/mol. The van der Waals surface area contributed by atoms with Gasteiger partial charge in [0.15, 0.2) is 18.1 Å². The highest BCUT2D eigenvalue weighted by atomic mass is 16.8. The lowest BCUT2D eigenvalue weighted by Gasteiger charge is -2.48. The van der Waals surface area contributed by atoms with Crippen LogP contribution in [0.15, 0.2) is 78.9 Å². The number of fused-ring (bicyclic) bond motifs is 5. The zero-order valence-electron chi connectivity index (χ0n) is 33.1. The summed E-state index contributed by atoms with van der Waals surface area (Å²) in [6.07, 6.45) is -5.34. The van der Waals surface area contributed by atoms with Crippen LogP contribution in [0.5, 0.6) is 0 Å². The van der Waals surface area contributed by atoms with E-state index in [2.05, 4.69) is 10.6 Å². The molecule has 5 fully saturated rings. The van der Waals surface area contributed by atoms with E-state index in [1.165, 1.54) is 5.06 Å². The third-order valence-electron chi connectivity index (χ3n) is 12.6. The lowest BCUT2D eigenvalue weighted by atomic mass is 9.62. The standard InChI is InChI=1S/C44H49N3O14/c48-15-14-45-39(53)27-9-3-5-26(17-27)21-46-42(55)44-20-30-35-36(60-43(59-35)18-28-7-1-2-8-29(28)19-43)38(44)61-47(37(44)40(54)57-30)22-25-12-10-24(11-13-25)6-4-16-56-41-34(52)33(51)32(50)31(23-49)58-41/h1-13,17,30-38,41,48-52H,14-16,18-23H2,(H,45,53)(H,46,55). The third kappa shape index (κ3) is 7.67. The number of amides is 2. The quantitative estimate of drug-likeness (QED) is 0.109. The van der Waals surface area contributed by atoms with E-state index in [9.17, 15) is 34.8 Å². The number of rotatable bonds is 13. The van der Waals surface area contributed by atoms with Crippen molar-refractivity contribution in [1.29, 1.82) is 0 Å². The minimum Gasteiger partial charge on any atom is -0.458 e. The Hall–Kier alpha value is -4.63. The molecule has 1 saturated carbocycles. The zero-order valence-corrected chi connectivity index (χ0v) is 33.1. The van der Waals surface area contributed by atoms with Gasteiger partial charge in [0.05, 0.1) is 26.4 Å². The van der Waals surface area contributed by atoms with Gasteiger partial charge in [-0.3, -0.25) is 19.2 Å². The number of aliphatic hydroxyl groups is 5. The molecular weight excluding hydrogens is 794 g/mol. The smallest absolute Gasteiger partial charge is 0.327 e. The first-order valence-corrected chi connectivity index (χ1v) is 20.5. The Bertz CT molecular complexity index is 2130. The number of nitrogens with zero attached hydrogens (tertiary/aromatic N) is 1. The Morgan fingerprint density at radius 1 is 0.885 bits per heavy atom. The Morgan fingerprint density at radius 2 is 1.64 bits per heavy atom. The van der Waals surface area contributed by atoms with Gasteiger partial charge in [-0.2, -0.15) is 5.06 Å². The molecule has 324 valence electrons. The molecule has 2 aliphatic carbocycles. The Kier molecular flexibility index (Phi) is 11.6. The van der Waals surface area contributed by atoms with Crippen molar-refractivity contribution >= 4 is 23.9 Å². The fourth-order valence-corrected chi connectivity index (χ4v) is 9.65. The van der Waals surface area contributed by atoms with Crippen LogP contribution < -0.4 is 10.6 Å². The molecular formula is C44H49N3O14. The van der Waals surface area contributed by atoms with Gasteiger partial charge in [-0.05, 0) is 39.9 Å². The number of carbonyl (C=O) groups excluding carboxylic acids is 3. The number of aliphatic hydroxyl groups excluding tert-OH is 5. The van der Waals surface area contributed by atoms with Crippen molar-refractivity contribution < 1.29 is 68.4 Å². The summed E-state index contributed by atoms with van der Waals surface area (Å²) in [6.45, 7) is -0.467. The summed E-state index contributed by atoms with van der Waals surface area (Å²) in [6, 6.07) is 21.1. The summed E-state index contributed by atoms with van der Waals surface area (Å²) in [5.41, 5.74) is 3.40. The lowest BCUT2D eigenvalue weighted by molar-refractivity contribution is -0.298. The van der Waals surface area contributed by atoms with Crippen molar-refractivity contribution in [2.45, 2.75) is 99.3 Å². The zero-order chi connectivity index (χ0) is 42.5. The van der Waals surface area contributed by atoms with Crippen LogP contribution in [0.3, 0.4) is 0 Å². The Labute approximate surface area is 350 Å². The number of hydrogen-bond acceptors (Lipinski definition) is 15. The molecule has 9 rings (SSSR count). The van der Waals surface area contributed by atoms with Crippen LogP contribution in [0.1, 0.15) is 44.6 Å².